The number of anilines is 1. The maximum absolute atomic E-state index is 12.4. The van der Waals surface area contributed by atoms with Crippen LogP contribution in [0.25, 0.3) is 0 Å². The second-order valence-electron chi connectivity index (χ2n) is 6.58. The highest BCUT2D eigenvalue weighted by molar-refractivity contribution is 7.89. The van der Waals surface area contributed by atoms with Gasteiger partial charge in [-0.1, -0.05) is 0 Å². The van der Waals surface area contributed by atoms with Crippen LogP contribution in [-0.2, 0) is 27.8 Å². The van der Waals surface area contributed by atoms with Crippen molar-refractivity contribution in [2.24, 2.45) is 0 Å². The lowest BCUT2D eigenvalue weighted by atomic mass is 10.2. The number of thiazole rings is 1. The van der Waals surface area contributed by atoms with Crippen molar-refractivity contribution >= 4 is 32.4 Å². The van der Waals surface area contributed by atoms with Crippen LogP contribution in [-0.4, -0.2) is 49.1 Å². The molecule has 1 aromatic carbocycles. The molecule has 0 aliphatic carbocycles. The number of sulfonamides is 1. The molecule has 0 radical (unpaired) electrons. The van der Waals surface area contributed by atoms with Crippen molar-refractivity contribution < 1.29 is 22.7 Å². The lowest BCUT2D eigenvalue weighted by molar-refractivity contribution is -0.118. The molecule has 10 heteroatoms. The van der Waals surface area contributed by atoms with Gasteiger partial charge in [-0.05, 0) is 38.1 Å². The van der Waals surface area contributed by atoms with E-state index in [1.807, 2.05) is 0 Å². The maximum atomic E-state index is 12.4. The molecular weight excluding hydrogens is 402 g/mol. The summed E-state index contributed by atoms with van der Waals surface area (Å²) in [5.74, 6) is 0.941. The van der Waals surface area contributed by atoms with Gasteiger partial charge in [0.05, 0.1) is 18.1 Å². The van der Waals surface area contributed by atoms with Crippen LogP contribution in [0, 0.1) is 0 Å². The van der Waals surface area contributed by atoms with Crippen LogP contribution in [0.2, 0.25) is 0 Å². The molecule has 1 aliphatic rings. The van der Waals surface area contributed by atoms with Gasteiger partial charge in [0.1, 0.15) is 11.5 Å². The first-order valence-corrected chi connectivity index (χ1v) is 11.2. The van der Waals surface area contributed by atoms with E-state index in [1.165, 1.54) is 15.6 Å². The monoisotopic (exact) mass is 425 g/mol. The molecule has 0 unspecified atom stereocenters. The van der Waals surface area contributed by atoms with Crippen LogP contribution in [0.15, 0.2) is 24.3 Å². The summed E-state index contributed by atoms with van der Waals surface area (Å²) >= 11 is 1.30. The molecular formula is C18H23N3O5S2. The molecule has 0 atom stereocenters. The first-order chi connectivity index (χ1) is 13.3. The minimum atomic E-state index is -3.30. The van der Waals surface area contributed by atoms with Gasteiger partial charge in [0.15, 0.2) is 11.7 Å². The number of nitrogens with one attached hydrogen (secondary N) is 1. The van der Waals surface area contributed by atoms with E-state index in [2.05, 4.69) is 10.3 Å². The zero-order valence-electron chi connectivity index (χ0n) is 16.0. The summed E-state index contributed by atoms with van der Waals surface area (Å²) in [5.41, 5.74) is 0.839. The van der Waals surface area contributed by atoms with Gasteiger partial charge in [-0.25, -0.2) is 13.4 Å². The molecule has 0 spiro atoms. The molecule has 8 nitrogen and oxygen atoms in total. The highest BCUT2D eigenvalue weighted by Gasteiger charge is 2.31. The molecule has 1 N–H and O–H groups in total. The van der Waals surface area contributed by atoms with Crippen LogP contribution >= 0.6 is 11.3 Å². The molecule has 1 aromatic heterocycles. The summed E-state index contributed by atoms with van der Waals surface area (Å²) in [6.45, 7) is 3.90. The van der Waals surface area contributed by atoms with Crippen LogP contribution in [0.3, 0.4) is 0 Å². The number of amides is 1. The molecule has 0 saturated heterocycles. The number of carbonyl (C=O) groups excluding carboxylic acids is 1. The Hall–Kier alpha value is -2.17. The summed E-state index contributed by atoms with van der Waals surface area (Å²) in [7, 11) is -1.73. The first-order valence-electron chi connectivity index (χ1n) is 8.84. The maximum Gasteiger partial charge on any atom is 0.264 e. The third-order valence-electron chi connectivity index (χ3n) is 4.33. The van der Waals surface area contributed by atoms with E-state index < -0.39 is 15.3 Å². The number of benzene rings is 1. The van der Waals surface area contributed by atoms with Crippen molar-refractivity contribution in [1.29, 1.82) is 0 Å². The van der Waals surface area contributed by atoms with Gasteiger partial charge in [-0.15, -0.1) is 11.3 Å². The highest BCUT2D eigenvalue weighted by Crippen LogP contribution is 2.30. The van der Waals surface area contributed by atoms with Gasteiger partial charge in [-0.3, -0.25) is 10.1 Å². The summed E-state index contributed by atoms with van der Waals surface area (Å²) in [4.78, 5) is 17.4. The third-order valence-corrected chi connectivity index (χ3v) is 7.55. The Morgan fingerprint density at radius 1 is 1.29 bits per heavy atom. The van der Waals surface area contributed by atoms with Gasteiger partial charge in [0.25, 0.3) is 5.91 Å². The SMILES string of the molecule is COc1ccc(OCC(=O)Nc2nc3c(s2)CN(S(=O)(=O)C(C)C)CC3)cc1. The van der Waals surface area contributed by atoms with Gasteiger partial charge in [0, 0.05) is 24.4 Å². The Balaban J connectivity index is 1.57. The van der Waals surface area contributed by atoms with E-state index in [1.54, 1.807) is 45.2 Å². The zero-order valence-corrected chi connectivity index (χ0v) is 17.6. The standard InChI is InChI=1S/C18H23N3O5S2/c1-12(2)28(23,24)21-9-8-15-16(10-21)27-18(19-15)20-17(22)11-26-14-6-4-13(25-3)5-7-14/h4-7,12H,8-11H2,1-3H3,(H,19,20,22). The van der Waals surface area contributed by atoms with Crippen molar-refractivity contribution in [1.82, 2.24) is 9.29 Å². The third kappa shape index (κ3) is 4.62. The van der Waals surface area contributed by atoms with E-state index in [9.17, 15) is 13.2 Å². The average molecular weight is 426 g/mol. The summed E-state index contributed by atoms with van der Waals surface area (Å²) in [5, 5.41) is 2.71. The number of methoxy groups -OCH3 is 1. The number of hydrogen-bond donors (Lipinski definition) is 1. The van der Waals surface area contributed by atoms with Gasteiger partial charge < -0.3 is 9.47 Å². The number of rotatable bonds is 7. The Bertz CT molecular complexity index is 939. The van der Waals surface area contributed by atoms with Crippen LogP contribution < -0.4 is 14.8 Å². The van der Waals surface area contributed by atoms with Crippen molar-refractivity contribution in [3.8, 4) is 11.5 Å². The Kier molecular flexibility index (Phi) is 6.21. The topological polar surface area (TPSA) is 97.8 Å². The van der Waals surface area contributed by atoms with Crippen LogP contribution in [0.1, 0.15) is 24.4 Å². The fraction of sp³-hybridized carbons (Fsp3) is 0.444. The van der Waals surface area contributed by atoms with Gasteiger partial charge in [0.2, 0.25) is 10.0 Å². The van der Waals surface area contributed by atoms with Crippen LogP contribution in [0.4, 0.5) is 5.13 Å². The predicted octanol–water partition coefficient (Wildman–Crippen LogP) is 2.27. The average Bonchev–Trinajstić information content (AvgIpc) is 3.07. The molecule has 3 rings (SSSR count). The first kappa shape index (κ1) is 20.6. The summed E-state index contributed by atoms with van der Waals surface area (Å²) in [6, 6.07) is 6.94. The number of fused-ring (bicyclic) bond motifs is 1. The molecule has 0 bridgehead atoms. The number of nitrogens with zero attached hydrogens (tertiary/aromatic N) is 2. The quantitative estimate of drug-likeness (QED) is 0.731. The second kappa shape index (κ2) is 8.46. The lowest BCUT2D eigenvalue weighted by Crippen LogP contribution is -2.39. The fourth-order valence-electron chi connectivity index (χ4n) is 2.72. The van der Waals surface area contributed by atoms with Gasteiger partial charge >= 0.3 is 0 Å². The molecule has 2 heterocycles. The largest absolute Gasteiger partial charge is 0.497 e. The van der Waals surface area contributed by atoms with E-state index in [0.717, 1.165) is 10.6 Å². The highest BCUT2D eigenvalue weighted by atomic mass is 32.2. The second-order valence-corrected chi connectivity index (χ2v) is 10.2. The van der Waals surface area contributed by atoms with Crippen molar-refractivity contribution in [2.45, 2.75) is 32.1 Å². The molecule has 2 aromatic rings. The molecule has 0 saturated carbocycles. The van der Waals surface area contributed by atoms with Crippen molar-refractivity contribution in [2.75, 3.05) is 25.6 Å². The normalized spacial score (nSPS) is 14.6. The predicted molar refractivity (Wildman–Crippen MR) is 107 cm³/mol. The van der Waals surface area contributed by atoms with Crippen LogP contribution in [0.5, 0.6) is 11.5 Å². The molecule has 152 valence electrons. The Morgan fingerprint density at radius 3 is 2.61 bits per heavy atom. The van der Waals surface area contributed by atoms with E-state index in [4.69, 9.17) is 9.47 Å². The molecule has 0 fully saturated rings. The van der Waals surface area contributed by atoms with E-state index in [0.29, 0.717) is 36.1 Å². The number of carbonyl (C=O) groups is 1. The Labute approximate surface area is 168 Å². The molecule has 28 heavy (non-hydrogen) atoms. The molecule has 1 aliphatic heterocycles. The zero-order chi connectivity index (χ0) is 20.3. The van der Waals surface area contributed by atoms with Crippen molar-refractivity contribution in [3.63, 3.8) is 0 Å². The minimum absolute atomic E-state index is 0.148. The van der Waals surface area contributed by atoms with E-state index >= 15 is 0 Å². The number of hydrogen-bond acceptors (Lipinski definition) is 7. The lowest BCUT2D eigenvalue weighted by Gasteiger charge is -2.26. The number of ether oxygens (including phenoxy) is 2. The van der Waals surface area contributed by atoms with Crippen molar-refractivity contribution in [3.05, 3.63) is 34.8 Å². The summed E-state index contributed by atoms with van der Waals surface area (Å²) in [6.07, 6.45) is 0.538. The minimum Gasteiger partial charge on any atom is -0.497 e. The summed E-state index contributed by atoms with van der Waals surface area (Å²) < 4.78 is 36.7. The fourth-order valence-corrected chi connectivity index (χ4v) is 5.09. The smallest absolute Gasteiger partial charge is 0.264 e. The molecule has 1 amide bonds. The van der Waals surface area contributed by atoms with E-state index in [-0.39, 0.29) is 12.5 Å². The Morgan fingerprint density at radius 2 is 1.96 bits per heavy atom. The van der Waals surface area contributed by atoms with Gasteiger partial charge in [-0.2, -0.15) is 4.31 Å². The number of aromatic nitrogens is 1.